The Balaban J connectivity index is 3.27. The predicted molar refractivity (Wildman–Crippen MR) is 110 cm³/mol. The van der Waals surface area contributed by atoms with Gasteiger partial charge in [-0.1, -0.05) is 65.5 Å². The first-order chi connectivity index (χ1) is 11.4. The lowest BCUT2D eigenvalue weighted by molar-refractivity contribution is -0.138. The number of carbonyl (C=O) groups excluding carboxylic acids is 2. The van der Waals surface area contributed by atoms with E-state index >= 15 is 0 Å². The molecule has 0 saturated heterocycles. The number of Topliss-reactive ketones (excluding diaryl/α,β-unsaturated/α-hetero) is 1. The van der Waals surface area contributed by atoms with Crippen molar-refractivity contribution in [1.82, 2.24) is 0 Å². The molecule has 0 radical (unpaired) electrons. The third-order valence-electron chi connectivity index (χ3n) is 5.44. The smallest absolute Gasteiger partial charge is 0.192 e. The molecule has 0 aromatic heterocycles. The van der Waals surface area contributed by atoms with Gasteiger partial charge in [-0.15, -0.1) is 13.2 Å². The number of thioether (sulfide) groups is 1. The van der Waals surface area contributed by atoms with Crippen molar-refractivity contribution in [3.05, 3.63) is 25.3 Å². The first-order valence-corrected chi connectivity index (χ1v) is 10.2. The van der Waals surface area contributed by atoms with Crippen molar-refractivity contribution >= 4 is 22.7 Å². The van der Waals surface area contributed by atoms with Crippen LogP contribution < -0.4 is 0 Å². The molecule has 0 heterocycles. The molecule has 2 nitrogen and oxygen atoms in total. The van der Waals surface area contributed by atoms with Gasteiger partial charge in [-0.2, -0.15) is 0 Å². The third-order valence-corrected chi connectivity index (χ3v) is 6.55. The molecule has 1 fully saturated rings. The van der Waals surface area contributed by atoms with E-state index in [4.69, 9.17) is 0 Å². The Morgan fingerprint density at radius 1 is 1.32 bits per heavy atom. The zero-order valence-electron chi connectivity index (χ0n) is 17.0. The fourth-order valence-electron chi connectivity index (χ4n) is 3.92. The minimum Gasteiger partial charge on any atom is -0.299 e. The topological polar surface area (TPSA) is 34.1 Å². The molecule has 1 aliphatic rings. The SMILES string of the molecule is C=CC[C@@]1(C)C(=O)CCC[C@@H]1[C@@H](CC(C)(C)C=C)C(=O)SC(C)(C)C. The minimum absolute atomic E-state index is 0.0772. The van der Waals surface area contributed by atoms with Gasteiger partial charge in [0.05, 0.1) is 0 Å². The summed E-state index contributed by atoms with van der Waals surface area (Å²) in [7, 11) is 0. The average molecular weight is 365 g/mol. The van der Waals surface area contributed by atoms with Crippen LogP contribution in [-0.2, 0) is 9.59 Å². The standard InChI is InChI=1S/C22H36O2S/c1-9-14-22(8)17(12-11-13-18(22)23)16(15-21(6,7)10-2)19(24)25-20(3,4)5/h9-10,16-17H,1-2,11-15H2,3-8H3/t16-,17-,22-/m1/s1. The molecule has 142 valence electrons. The molecule has 0 aromatic carbocycles. The van der Waals surface area contributed by atoms with Crippen LogP contribution in [0.3, 0.4) is 0 Å². The number of ketones is 1. The average Bonchev–Trinajstić information content (AvgIpc) is 2.47. The molecule has 0 unspecified atom stereocenters. The second-order valence-electron chi connectivity index (χ2n) is 9.37. The summed E-state index contributed by atoms with van der Waals surface area (Å²) in [5.74, 6) is 0.235. The number of carbonyl (C=O) groups is 2. The number of allylic oxidation sites excluding steroid dienone is 2. The van der Waals surface area contributed by atoms with Crippen molar-refractivity contribution < 1.29 is 9.59 Å². The van der Waals surface area contributed by atoms with Gasteiger partial charge in [0.15, 0.2) is 5.12 Å². The maximum Gasteiger partial charge on any atom is 0.192 e. The van der Waals surface area contributed by atoms with E-state index in [1.54, 1.807) is 0 Å². The maximum absolute atomic E-state index is 13.2. The Bertz CT molecular complexity index is 527. The van der Waals surface area contributed by atoms with Gasteiger partial charge in [-0.05, 0) is 37.0 Å². The maximum atomic E-state index is 13.2. The van der Waals surface area contributed by atoms with Gasteiger partial charge in [0, 0.05) is 22.5 Å². The van der Waals surface area contributed by atoms with Gasteiger partial charge < -0.3 is 0 Å². The van der Waals surface area contributed by atoms with Crippen LogP contribution in [0.15, 0.2) is 25.3 Å². The Morgan fingerprint density at radius 2 is 1.92 bits per heavy atom. The summed E-state index contributed by atoms with van der Waals surface area (Å²) in [5.41, 5.74) is -0.607. The van der Waals surface area contributed by atoms with E-state index in [-0.39, 0.29) is 27.1 Å². The van der Waals surface area contributed by atoms with Gasteiger partial charge >= 0.3 is 0 Å². The van der Waals surface area contributed by atoms with Gasteiger partial charge in [-0.3, -0.25) is 9.59 Å². The minimum atomic E-state index is -0.476. The second-order valence-corrected chi connectivity index (χ2v) is 11.2. The lowest BCUT2D eigenvalue weighted by Gasteiger charge is -2.45. The van der Waals surface area contributed by atoms with Crippen molar-refractivity contribution in [2.75, 3.05) is 0 Å². The molecule has 0 bridgehead atoms. The molecular formula is C22H36O2S. The van der Waals surface area contributed by atoms with Crippen LogP contribution in [0.2, 0.25) is 0 Å². The van der Waals surface area contributed by atoms with Crippen molar-refractivity contribution in [3.63, 3.8) is 0 Å². The van der Waals surface area contributed by atoms with Crippen LogP contribution in [-0.4, -0.2) is 15.6 Å². The van der Waals surface area contributed by atoms with Crippen molar-refractivity contribution in [3.8, 4) is 0 Å². The van der Waals surface area contributed by atoms with E-state index < -0.39 is 5.41 Å². The molecule has 0 aliphatic heterocycles. The Labute approximate surface area is 158 Å². The summed E-state index contributed by atoms with van der Waals surface area (Å²) >= 11 is 1.42. The first kappa shape index (κ1) is 22.2. The van der Waals surface area contributed by atoms with E-state index in [9.17, 15) is 9.59 Å². The Kier molecular flexibility index (Phi) is 7.32. The molecule has 3 heteroatoms. The molecule has 0 spiro atoms. The lowest BCUT2D eigenvalue weighted by Crippen LogP contribution is -2.45. The number of hydrogen-bond acceptors (Lipinski definition) is 3. The van der Waals surface area contributed by atoms with Crippen molar-refractivity contribution in [1.29, 1.82) is 0 Å². The van der Waals surface area contributed by atoms with Crippen LogP contribution in [0.25, 0.3) is 0 Å². The van der Waals surface area contributed by atoms with Gasteiger partial charge in [0.1, 0.15) is 5.78 Å². The monoisotopic (exact) mass is 364 g/mol. The molecule has 0 N–H and O–H groups in total. The summed E-state index contributed by atoms with van der Waals surface area (Å²) < 4.78 is -0.124. The highest BCUT2D eigenvalue weighted by atomic mass is 32.2. The molecule has 1 saturated carbocycles. The summed E-state index contributed by atoms with van der Waals surface area (Å²) in [6, 6.07) is 0. The van der Waals surface area contributed by atoms with E-state index in [0.717, 1.165) is 19.3 Å². The number of rotatable bonds is 7. The van der Waals surface area contributed by atoms with Gasteiger partial charge in [0.25, 0.3) is 0 Å². The molecule has 1 rings (SSSR count). The zero-order valence-corrected chi connectivity index (χ0v) is 17.8. The molecule has 3 atom stereocenters. The molecule has 1 aliphatic carbocycles. The van der Waals surface area contributed by atoms with Crippen LogP contribution >= 0.6 is 11.8 Å². The fourth-order valence-corrected chi connectivity index (χ4v) is 4.92. The summed E-state index contributed by atoms with van der Waals surface area (Å²) in [6.45, 7) is 20.3. The largest absolute Gasteiger partial charge is 0.299 e. The third kappa shape index (κ3) is 5.84. The normalized spacial score (nSPS) is 26.2. The predicted octanol–water partition coefficient (Wildman–Crippen LogP) is 6.21. The van der Waals surface area contributed by atoms with Crippen LogP contribution in [0, 0.1) is 22.7 Å². The molecule has 25 heavy (non-hydrogen) atoms. The lowest BCUT2D eigenvalue weighted by atomic mass is 9.59. The Morgan fingerprint density at radius 3 is 2.40 bits per heavy atom. The van der Waals surface area contributed by atoms with Crippen molar-refractivity contribution in [2.24, 2.45) is 22.7 Å². The van der Waals surface area contributed by atoms with Crippen LogP contribution in [0.5, 0.6) is 0 Å². The zero-order chi connectivity index (χ0) is 19.5. The Hall–Kier alpha value is -0.830. The van der Waals surface area contributed by atoms with Gasteiger partial charge in [0.2, 0.25) is 0 Å². The van der Waals surface area contributed by atoms with Crippen molar-refractivity contribution in [2.45, 2.75) is 78.4 Å². The first-order valence-electron chi connectivity index (χ1n) is 9.37. The molecule has 0 amide bonds. The van der Waals surface area contributed by atoms with Gasteiger partial charge in [-0.25, -0.2) is 0 Å². The highest BCUT2D eigenvalue weighted by Gasteiger charge is 2.48. The molecule has 0 aromatic rings. The molecular weight excluding hydrogens is 328 g/mol. The summed E-state index contributed by atoms with van der Waals surface area (Å²) in [6.07, 6.45) is 7.61. The van der Waals surface area contributed by atoms with E-state index in [0.29, 0.717) is 18.6 Å². The second kappa shape index (κ2) is 8.24. The van der Waals surface area contributed by atoms with E-state index in [2.05, 4.69) is 47.8 Å². The van der Waals surface area contributed by atoms with E-state index in [1.807, 2.05) is 19.1 Å². The fraction of sp³-hybridized carbons (Fsp3) is 0.727. The highest BCUT2D eigenvalue weighted by molar-refractivity contribution is 8.14. The number of hydrogen-bond donors (Lipinski definition) is 0. The highest BCUT2D eigenvalue weighted by Crippen LogP contribution is 2.50. The van der Waals surface area contributed by atoms with Crippen LogP contribution in [0.4, 0.5) is 0 Å². The van der Waals surface area contributed by atoms with Crippen LogP contribution in [0.1, 0.15) is 73.6 Å². The summed E-state index contributed by atoms with van der Waals surface area (Å²) in [5, 5.41) is 0.220. The summed E-state index contributed by atoms with van der Waals surface area (Å²) in [4.78, 5) is 26.0. The quantitative estimate of drug-likeness (QED) is 0.503. The van der Waals surface area contributed by atoms with E-state index in [1.165, 1.54) is 11.8 Å².